The number of carbonyl (C=O) groups is 3. The molecule has 1 N–H and O–H groups in total. The van der Waals surface area contributed by atoms with E-state index in [9.17, 15) is 19.5 Å². The second kappa shape index (κ2) is 87.9. The van der Waals surface area contributed by atoms with E-state index < -0.39 is 18.4 Å². The maximum absolute atomic E-state index is 13.0. The van der Waals surface area contributed by atoms with Crippen molar-refractivity contribution in [1.82, 2.24) is 0 Å². The number of esters is 2. The number of quaternary nitrogens is 1. The van der Waals surface area contributed by atoms with Gasteiger partial charge >= 0.3 is 17.9 Å². The summed E-state index contributed by atoms with van der Waals surface area (Å²) < 4.78 is 23.1. The van der Waals surface area contributed by atoms with Gasteiger partial charge in [0.25, 0.3) is 6.29 Å². The number of carbonyl (C=O) groups excluding carboxylic acids is 2. The van der Waals surface area contributed by atoms with Gasteiger partial charge in [-0.25, -0.2) is 4.79 Å². The highest BCUT2D eigenvalue weighted by Crippen LogP contribution is 2.23. The van der Waals surface area contributed by atoms with Crippen LogP contribution in [0.4, 0.5) is 0 Å². The number of rotatable bonds is 93. The van der Waals surface area contributed by atoms with Gasteiger partial charge in [0.05, 0.1) is 34.4 Å². The first kappa shape index (κ1) is 103. The van der Waals surface area contributed by atoms with Gasteiger partial charge < -0.3 is 28.5 Å². The van der Waals surface area contributed by atoms with E-state index in [1.165, 1.54) is 475 Å². The Morgan fingerprint density at radius 3 is 0.610 bits per heavy atom. The van der Waals surface area contributed by atoms with Crippen molar-refractivity contribution in [3.8, 4) is 0 Å². The van der Waals surface area contributed by atoms with E-state index >= 15 is 0 Å². The maximum atomic E-state index is 13.0. The summed E-state index contributed by atoms with van der Waals surface area (Å²) >= 11 is 0. The summed E-state index contributed by atoms with van der Waals surface area (Å²) in [5, 5.41) is 9.80. The highest BCUT2D eigenvalue weighted by atomic mass is 16.7. The topological polar surface area (TPSA) is 108 Å². The molecule has 0 heterocycles. The first-order valence-electron chi connectivity index (χ1n) is 48.2. The van der Waals surface area contributed by atoms with E-state index in [1.54, 1.807) is 0 Å². The van der Waals surface area contributed by atoms with Crippen LogP contribution in [-0.2, 0) is 33.3 Å². The van der Waals surface area contributed by atoms with Crippen molar-refractivity contribution in [2.45, 2.75) is 553 Å². The Hall–Kier alpha value is -1.71. The Morgan fingerprint density at radius 1 is 0.248 bits per heavy atom. The molecule has 0 aliphatic rings. The van der Waals surface area contributed by atoms with Gasteiger partial charge in [0, 0.05) is 12.8 Å². The second-order valence-electron chi connectivity index (χ2n) is 34.8. The molecule has 0 aromatic carbocycles. The van der Waals surface area contributed by atoms with Gasteiger partial charge in [0.2, 0.25) is 0 Å². The molecule has 9 nitrogen and oxygen atoms in total. The fourth-order valence-corrected chi connectivity index (χ4v) is 15.6. The number of hydrogen-bond acceptors (Lipinski definition) is 7. The molecule has 0 spiro atoms. The van der Waals surface area contributed by atoms with Crippen molar-refractivity contribution in [1.29, 1.82) is 0 Å². The largest absolute Gasteiger partial charge is 0.477 e. The number of hydrogen-bond donors (Lipinski definition) is 1. The average molecular weight is 1490 g/mol. The zero-order valence-corrected chi connectivity index (χ0v) is 72.2. The highest BCUT2D eigenvalue weighted by molar-refractivity contribution is 5.71. The van der Waals surface area contributed by atoms with Crippen LogP contribution in [0.3, 0.4) is 0 Å². The van der Waals surface area contributed by atoms with E-state index in [4.69, 9.17) is 18.9 Å². The molecule has 0 aromatic heterocycles. The van der Waals surface area contributed by atoms with E-state index in [0.717, 1.165) is 38.5 Å². The summed E-state index contributed by atoms with van der Waals surface area (Å²) in [5.41, 5.74) is 0. The number of aliphatic carboxylic acids is 1. The third-order valence-corrected chi connectivity index (χ3v) is 22.9. The normalized spacial score (nSPS) is 12.4. The molecule has 0 rings (SSSR count). The first-order chi connectivity index (χ1) is 51.6. The minimum Gasteiger partial charge on any atom is -0.477 e. The Kier molecular flexibility index (Phi) is 86.4. The molecule has 0 amide bonds. The van der Waals surface area contributed by atoms with Crippen molar-refractivity contribution in [3.05, 3.63) is 0 Å². The van der Waals surface area contributed by atoms with Crippen molar-refractivity contribution in [2.24, 2.45) is 0 Å². The molecule has 0 radical (unpaired) electrons. The van der Waals surface area contributed by atoms with E-state index in [0.29, 0.717) is 17.4 Å². The Bertz CT molecular complexity index is 1680. The number of unbranched alkanes of at least 4 members (excludes halogenated alkanes) is 78. The van der Waals surface area contributed by atoms with Crippen molar-refractivity contribution >= 4 is 17.9 Å². The minimum absolute atomic E-state index is 0.171. The summed E-state index contributed by atoms with van der Waals surface area (Å²) in [5.74, 6) is -1.96. The predicted octanol–water partition coefficient (Wildman–Crippen LogP) is 31.6. The Balaban J connectivity index is 3.83. The molecule has 9 heteroatoms. The number of ether oxygens (including phenoxy) is 4. The molecule has 0 fully saturated rings. The molecule has 0 saturated heterocycles. The van der Waals surface area contributed by atoms with Crippen molar-refractivity contribution in [2.75, 3.05) is 47.5 Å². The summed E-state index contributed by atoms with van der Waals surface area (Å²) in [7, 11) is 6.01. The minimum atomic E-state index is -1.51. The molecule has 0 saturated carbocycles. The molecule has 0 aliphatic heterocycles. The number of likely N-dealkylation sites (N-methyl/N-ethyl adjacent to an activating group) is 1. The van der Waals surface area contributed by atoms with Crippen LogP contribution in [0.2, 0.25) is 0 Å². The van der Waals surface area contributed by atoms with Crippen molar-refractivity contribution in [3.63, 3.8) is 0 Å². The Morgan fingerprint density at radius 2 is 0.429 bits per heavy atom. The summed E-state index contributed by atoms with van der Waals surface area (Å²) in [6.07, 6.45) is 109. The molecular weight excluding hydrogens is 1300 g/mol. The molecule has 2 unspecified atom stereocenters. The van der Waals surface area contributed by atoms with Crippen LogP contribution in [-0.4, -0.2) is 87.4 Å². The van der Waals surface area contributed by atoms with E-state index in [2.05, 4.69) is 13.8 Å². The summed E-state index contributed by atoms with van der Waals surface area (Å²) in [4.78, 5) is 37.9. The fourth-order valence-electron chi connectivity index (χ4n) is 15.6. The molecule has 2 atom stereocenters. The second-order valence-corrected chi connectivity index (χ2v) is 34.8. The van der Waals surface area contributed by atoms with Gasteiger partial charge in [-0.1, -0.05) is 515 Å². The SMILES string of the molecule is CCCCCCCCCCCCCCCCCCCCCCCCCCCCCCCCCCCCCCCCCCC(=O)OCC(COC(OCC[N+](C)(C)C)C(=O)O)OC(=O)CCCCCCCCCCCCCCCCCCCCCCCCCCCCCCCCCCCCCCCCCC. The standard InChI is InChI=1S/C96H189NO8/c1-6-8-10-12-14-16-18-20-22-24-26-28-30-32-34-36-38-40-42-44-46-48-50-52-54-56-58-60-62-64-66-68-70-72-74-76-78-80-82-84-86-93(98)103-90-92(91-104-96(95(100)101)102-89-88-97(3,4)5)105-94(99)87-85-83-81-79-77-75-73-71-69-67-65-63-61-59-57-55-53-51-49-47-45-43-41-39-37-35-33-31-29-27-25-23-21-19-17-15-13-11-9-7-2/h92,96H,6-91H2,1-5H3/p+1. The zero-order chi connectivity index (χ0) is 76.0. The fraction of sp³-hybridized carbons (Fsp3) is 0.969. The lowest BCUT2D eigenvalue weighted by Crippen LogP contribution is -2.40. The third kappa shape index (κ3) is 89.4. The number of nitrogens with zero attached hydrogens (tertiary/aromatic N) is 1. The van der Waals surface area contributed by atoms with Crippen LogP contribution in [0.25, 0.3) is 0 Å². The highest BCUT2D eigenvalue weighted by Gasteiger charge is 2.25. The monoisotopic (exact) mass is 1490 g/mol. The smallest absolute Gasteiger partial charge is 0.361 e. The van der Waals surface area contributed by atoms with Crippen LogP contribution in [0, 0.1) is 0 Å². The van der Waals surface area contributed by atoms with Gasteiger partial charge in [0.1, 0.15) is 13.2 Å². The Labute approximate surface area is 657 Å². The van der Waals surface area contributed by atoms with Crippen LogP contribution in [0.5, 0.6) is 0 Å². The lowest BCUT2D eigenvalue weighted by molar-refractivity contribution is -0.870. The van der Waals surface area contributed by atoms with Crippen LogP contribution in [0.1, 0.15) is 540 Å². The molecule has 626 valence electrons. The molecule has 0 aromatic rings. The lowest BCUT2D eigenvalue weighted by Gasteiger charge is -2.25. The van der Waals surface area contributed by atoms with Gasteiger partial charge in [0.15, 0.2) is 6.10 Å². The van der Waals surface area contributed by atoms with Gasteiger partial charge in [-0.3, -0.25) is 9.59 Å². The summed E-state index contributed by atoms with van der Waals surface area (Å²) in [6.45, 7) is 5.00. The first-order valence-corrected chi connectivity index (χ1v) is 48.2. The van der Waals surface area contributed by atoms with E-state index in [1.807, 2.05) is 21.1 Å². The number of carboxylic acids is 1. The quantitative estimate of drug-likeness (QED) is 0.0278. The average Bonchev–Trinajstić information content (AvgIpc) is 1.07. The van der Waals surface area contributed by atoms with Crippen molar-refractivity contribution < 1.29 is 42.9 Å². The molecular formula is C96H190NO8+. The lowest BCUT2D eigenvalue weighted by atomic mass is 10.0. The van der Waals surface area contributed by atoms with Crippen LogP contribution < -0.4 is 0 Å². The maximum Gasteiger partial charge on any atom is 0.361 e. The third-order valence-electron chi connectivity index (χ3n) is 22.9. The number of carboxylic acid groups (broad SMARTS) is 1. The van der Waals surface area contributed by atoms with Gasteiger partial charge in [-0.2, -0.15) is 0 Å². The summed E-state index contributed by atoms with van der Waals surface area (Å²) in [6, 6.07) is 0. The van der Waals surface area contributed by atoms with Gasteiger partial charge in [-0.05, 0) is 12.8 Å². The van der Waals surface area contributed by atoms with Crippen LogP contribution in [0.15, 0.2) is 0 Å². The molecule has 0 aliphatic carbocycles. The zero-order valence-electron chi connectivity index (χ0n) is 72.2. The molecule has 105 heavy (non-hydrogen) atoms. The van der Waals surface area contributed by atoms with Gasteiger partial charge in [-0.15, -0.1) is 0 Å². The van der Waals surface area contributed by atoms with E-state index in [-0.39, 0.29) is 38.2 Å². The molecule has 0 bridgehead atoms. The predicted molar refractivity (Wildman–Crippen MR) is 457 cm³/mol. The van der Waals surface area contributed by atoms with Crippen LogP contribution >= 0.6 is 0 Å².